The molecule has 0 atom stereocenters. The van der Waals surface area contributed by atoms with E-state index in [1.54, 1.807) is 36.2 Å². The van der Waals surface area contributed by atoms with Crippen LogP contribution < -0.4 is 5.56 Å². The molecule has 5 nitrogen and oxygen atoms in total. The van der Waals surface area contributed by atoms with Gasteiger partial charge in [0, 0.05) is 36.5 Å². The first-order chi connectivity index (χ1) is 10.7. The fourth-order valence-corrected chi connectivity index (χ4v) is 3.46. The number of fused-ring (bicyclic) bond motifs is 1. The summed E-state index contributed by atoms with van der Waals surface area (Å²) in [5.41, 5.74) is 1.24. The van der Waals surface area contributed by atoms with Crippen molar-refractivity contribution in [2.75, 3.05) is 0 Å². The number of halogens is 1. The van der Waals surface area contributed by atoms with E-state index < -0.39 is 0 Å². The minimum absolute atomic E-state index is 0.117. The molecular weight excluding hydrogens is 320 g/mol. The van der Waals surface area contributed by atoms with Gasteiger partial charge in [-0.05, 0) is 25.0 Å². The highest BCUT2D eigenvalue weighted by atomic mass is 35.5. The summed E-state index contributed by atoms with van der Waals surface area (Å²) in [4.78, 5) is 21.0. The Morgan fingerprint density at radius 3 is 3.05 bits per heavy atom. The molecule has 1 aliphatic rings. The SMILES string of the molecule is O=c1cc(CSc2nccn2C2CC2)nc2ccc(Cl)cn12. The standard InChI is InChI=1S/C15H13ClN4OS/c16-10-1-4-13-18-11(7-14(21)20(13)8-10)9-22-15-17-5-6-19(15)12-2-3-12/h1,4-8,12H,2-3,9H2. The molecule has 0 radical (unpaired) electrons. The molecule has 3 heterocycles. The summed E-state index contributed by atoms with van der Waals surface area (Å²) in [5, 5.41) is 1.51. The Kier molecular flexibility index (Phi) is 3.43. The Hall–Kier alpha value is -1.79. The van der Waals surface area contributed by atoms with Gasteiger partial charge in [-0.25, -0.2) is 9.97 Å². The Labute approximate surface area is 136 Å². The van der Waals surface area contributed by atoms with Crippen LogP contribution in [0.2, 0.25) is 5.02 Å². The van der Waals surface area contributed by atoms with Crippen molar-refractivity contribution in [2.45, 2.75) is 29.8 Å². The van der Waals surface area contributed by atoms with Crippen molar-refractivity contribution in [3.05, 3.63) is 57.9 Å². The van der Waals surface area contributed by atoms with Crippen molar-refractivity contribution in [2.24, 2.45) is 0 Å². The Morgan fingerprint density at radius 1 is 1.36 bits per heavy atom. The van der Waals surface area contributed by atoms with Crippen molar-refractivity contribution in [1.29, 1.82) is 0 Å². The Morgan fingerprint density at radius 2 is 2.23 bits per heavy atom. The van der Waals surface area contributed by atoms with Gasteiger partial charge in [0.2, 0.25) is 0 Å². The van der Waals surface area contributed by atoms with Gasteiger partial charge in [-0.2, -0.15) is 0 Å². The molecule has 0 bridgehead atoms. The molecule has 0 amide bonds. The van der Waals surface area contributed by atoms with Gasteiger partial charge in [-0.3, -0.25) is 9.20 Å². The maximum absolute atomic E-state index is 12.1. The van der Waals surface area contributed by atoms with Gasteiger partial charge in [-0.15, -0.1) is 0 Å². The zero-order valence-electron chi connectivity index (χ0n) is 11.6. The highest BCUT2D eigenvalue weighted by Gasteiger charge is 2.25. The molecule has 0 aliphatic heterocycles. The van der Waals surface area contributed by atoms with Crippen LogP contribution in [0, 0.1) is 0 Å². The molecule has 7 heteroatoms. The molecule has 0 saturated heterocycles. The summed E-state index contributed by atoms with van der Waals surface area (Å²) in [7, 11) is 0. The molecule has 112 valence electrons. The van der Waals surface area contributed by atoms with Gasteiger partial charge in [0.25, 0.3) is 5.56 Å². The van der Waals surface area contributed by atoms with E-state index in [1.807, 2.05) is 12.4 Å². The van der Waals surface area contributed by atoms with Crippen molar-refractivity contribution in [1.82, 2.24) is 18.9 Å². The van der Waals surface area contributed by atoms with Crippen molar-refractivity contribution in [3.8, 4) is 0 Å². The number of aromatic nitrogens is 4. The average molecular weight is 333 g/mol. The third-order valence-electron chi connectivity index (χ3n) is 3.60. The van der Waals surface area contributed by atoms with Crippen LogP contribution in [0.15, 0.2) is 46.7 Å². The molecule has 1 saturated carbocycles. The monoisotopic (exact) mass is 332 g/mol. The van der Waals surface area contributed by atoms with Crippen LogP contribution in [0.5, 0.6) is 0 Å². The largest absolute Gasteiger partial charge is 0.323 e. The predicted octanol–water partition coefficient (Wildman–Crippen LogP) is 3.17. The number of rotatable bonds is 4. The topological polar surface area (TPSA) is 52.2 Å². The number of nitrogens with zero attached hydrogens (tertiary/aromatic N) is 4. The molecule has 3 aromatic heterocycles. The minimum atomic E-state index is -0.117. The summed E-state index contributed by atoms with van der Waals surface area (Å²) in [6, 6.07) is 5.64. The molecule has 0 spiro atoms. The molecule has 22 heavy (non-hydrogen) atoms. The Bertz CT molecular complexity index is 900. The molecule has 4 rings (SSSR count). The summed E-state index contributed by atoms with van der Waals surface area (Å²) in [6.07, 6.45) is 7.87. The molecular formula is C15H13ClN4OS. The van der Waals surface area contributed by atoms with E-state index in [9.17, 15) is 4.79 Å². The summed E-state index contributed by atoms with van der Waals surface area (Å²) >= 11 is 7.52. The van der Waals surface area contributed by atoms with Crippen molar-refractivity contribution < 1.29 is 0 Å². The maximum Gasteiger partial charge on any atom is 0.258 e. The fraction of sp³-hybridized carbons (Fsp3) is 0.267. The van der Waals surface area contributed by atoms with E-state index in [0.29, 0.717) is 22.5 Å². The lowest BCUT2D eigenvalue weighted by Crippen LogP contribution is -2.15. The van der Waals surface area contributed by atoms with Gasteiger partial charge in [0.15, 0.2) is 5.16 Å². The quantitative estimate of drug-likeness (QED) is 0.689. The minimum Gasteiger partial charge on any atom is -0.323 e. The summed E-state index contributed by atoms with van der Waals surface area (Å²) < 4.78 is 3.67. The van der Waals surface area contributed by atoms with E-state index >= 15 is 0 Å². The van der Waals surface area contributed by atoms with Crippen LogP contribution >= 0.6 is 23.4 Å². The van der Waals surface area contributed by atoms with Gasteiger partial charge < -0.3 is 4.57 Å². The Balaban J connectivity index is 1.60. The average Bonchev–Trinajstić information content (AvgIpc) is 3.24. The van der Waals surface area contributed by atoms with Crippen LogP contribution in [-0.2, 0) is 5.75 Å². The number of pyridine rings is 1. The zero-order chi connectivity index (χ0) is 15.1. The third kappa shape index (κ3) is 2.64. The molecule has 3 aromatic rings. The van der Waals surface area contributed by atoms with Gasteiger partial charge >= 0.3 is 0 Å². The molecule has 1 aliphatic carbocycles. The first-order valence-electron chi connectivity index (χ1n) is 7.04. The lowest BCUT2D eigenvalue weighted by molar-refractivity contribution is 0.663. The van der Waals surface area contributed by atoms with Gasteiger partial charge in [-0.1, -0.05) is 23.4 Å². The van der Waals surface area contributed by atoms with E-state index in [2.05, 4.69) is 14.5 Å². The highest BCUT2D eigenvalue weighted by molar-refractivity contribution is 7.98. The van der Waals surface area contributed by atoms with Gasteiger partial charge in [0.1, 0.15) is 5.65 Å². The van der Waals surface area contributed by atoms with E-state index in [4.69, 9.17) is 11.6 Å². The molecule has 0 N–H and O–H groups in total. The van der Waals surface area contributed by atoms with Crippen LogP contribution in [0.4, 0.5) is 0 Å². The summed E-state index contributed by atoms with van der Waals surface area (Å²) in [5.74, 6) is 0.623. The van der Waals surface area contributed by atoms with E-state index in [-0.39, 0.29) is 5.56 Å². The number of thioether (sulfide) groups is 1. The first-order valence-corrected chi connectivity index (χ1v) is 8.40. The van der Waals surface area contributed by atoms with Crippen LogP contribution in [0.1, 0.15) is 24.6 Å². The lowest BCUT2D eigenvalue weighted by atomic mass is 10.4. The smallest absolute Gasteiger partial charge is 0.258 e. The number of imidazole rings is 1. The second kappa shape index (κ2) is 5.44. The second-order valence-electron chi connectivity index (χ2n) is 5.30. The maximum atomic E-state index is 12.1. The third-order valence-corrected chi connectivity index (χ3v) is 4.84. The van der Waals surface area contributed by atoms with Crippen molar-refractivity contribution in [3.63, 3.8) is 0 Å². The normalized spacial score (nSPS) is 14.6. The number of hydrogen-bond donors (Lipinski definition) is 0. The predicted molar refractivity (Wildman–Crippen MR) is 86.5 cm³/mol. The first kappa shape index (κ1) is 13.8. The van der Waals surface area contributed by atoms with Crippen LogP contribution in [-0.4, -0.2) is 18.9 Å². The van der Waals surface area contributed by atoms with Gasteiger partial charge in [0.05, 0.1) is 10.7 Å². The van der Waals surface area contributed by atoms with Crippen LogP contribution in [0.25, 0.3) is 5.65 Å². The fourth-order valence-electron chi connectivity index (χ4n) is 2.38. The van der Waals surface area contributed by atoms with E-state index in [0.717, 1.165) is 10.9 Å². The van der Waals surface area contributed by atoms with Crippen molar-refractivity contribution >= 4 is 29.0 Å². The molecule has 0 unspecified atom stereocenters. The zero-order valence-corrected chi connectivity index (χ0v) is 13.2. The second-order valence-corrected chi connectivity index (χ2v) is 6.68. The summed E-state index contributed by atoms with van der Waals surface area (Å²) in [6.45, 7) is 0. The highest BCUT2D eigenvalue weighted by Crippen LogP contribution is 2.38. The van der Waals surface area contributed by atoms with E-state index in [1.165, 1.54) is 17.2 Å². The molecule has 1 fully saturated rings. The molecule has 0 aromatic carbocycles. The lowest BCUT2D eigenvalue weighted by Gasteiger charge is -2.06. The van der Waals surface area contributed by atoms with Crippen LogP contribution in [0.3, 0.4) is 0 Å². The number of hydrogen-bond acceptors (Lipinski definition) is 4.